The van der Waals surface area contributed by atoms with Crippen LogP contribution in [0.15, 0.2) is 0 Å². The van der Waals surface area contributed by atoms with Crippen molar-refractivity contribution in [3.63, 3.8) is 0 Å². The molecule has 0 atom stereocenters. The van der Waals surface area contributed by atoms with Crippen molar-refractivity contribution in [2.75, 3.05) is 6.61 Å². The molecule has 6 heteroatoms. The average molecular weight is 184 g/mol. The molecule has 0 unspecified atom stereocenters. The summed E-state index contributed by atoms with van der Waals surface area (Å²) in [5.41, 5.74) is 0. The van der Waals surface area contributed by atoms with Crippen LogP contribution in [0, 0.1) is 11.8 Å². The van der Waals surface area contributed by atoms with Gasteiger partial charge in [-0.05, 0) is 27.1 Å². The third-order valence-corrected chi connectivity index (χ3v) is 0.442. The minimum atomic E-state index is 0. The van der Waals surface area contributed by atoms with Crippen LogP contribution in [0.5, 0.6) is 0 Å². The van der Waals surface area contributed by atoms with E-state index in [9.17, 15) is 0 Å². The first-order valence-electron chi connectivity index (χ1n) is 2.24. The van der Waals surface area contributed by atoms with Gasteiger partial charge in [0.2, 0.25) is 0 Å². The molecule has 0 aromatic carbocycles. The van der Waals surface area contributed by atoms with Crippen molar-refractivity contribution in [3.8, 4) is 11.8 Å². The van der Waals surface area contributed by atoms with E-state index in [0.717, 1.165) is 0 Å². The van der Waals surface area contributed by atoms with Gasteiger partial charge < -0.3 is 0 Å². The number of rotatable bonds is 5. The van der Waals surface area contributed by atoms with Gasteiger partial charge >= 0.3 is 0 Å². The van der Waals surface area contributed by atoms with Gasteiger partial charge in [-0.15, -0.1) is 5.92 Å². The SMILES string of the molecule is C.C.CC#CCOOOOOO.[HH]. The predicted octanol–water partition coefficient (Wildman–Crippen LogP) is 1.74. The Kier molecular flexibility index (Phi) is 24.3. The van der Waals surface area contributed by atoms with E-state index in [-0.39, 0.29) is 22.9 Å². The molecule has 0 aliphatic heterocycles. The Morgan fingerprint density at radius 1 is 1.25 bits per heavy atom. The second kappa shape index (κ2) is 16.7. The van der Waals surface area contributed by atoms with Gasteiger partial charge in [-0.3, -0.25) is 0 Å². The first-order chi connectivity index (χ1) is 4.91. The predicted molar refractivity (Wildman–Crippen MR) is 41.9 cm³/mol. The molecule has 0 spiro atoms. The minimum Gasteiger partial charge on any atom is -0.219 e. The van der Waals surface area contributed by atoms with Gasteiger partial charge in [0.05, 0.1) is 0 Å². The monoisotopic (exact) mass is 184 g/mol. The third kappa shape index (κ3) is 16.2. The van der Waals surface area contributed by atoms with E-state index in [2.05, 4.69) is 36.9 Å². The molecule has 0 heterocycles. The van der Waals surface area contributed by atoms with Crippen LogP contribution >= 0.6 is 0 Å². The molecular weight excluding hydrogens is 168 g/mol. The van der Waals surface area contributed by atoms with Crippen LogP contribution in [0.4, 0.5) is 0 Å². The molecule has 12 heavy (non-hydrogen) atoms. The maximum Gasteiger partial charge on any atom is 0.146 e. The highest BCUT2D eigenvalue weighted by molar-refractivity contribution is 4.94. The Labute approximate surface area is 73.1 Å². The van der Waals surface area contributed by atoms with Crippen molar-refractivity contribution >= 4 is 0 Å². The standard InChI is InChI=1S/C4H6O6.2CH4.H2/c1-2-3-4-6-8-10-9-7-5;;;/h5H,4H2,1H3;2*1H4;1H. The molecule has 0 aromatic heterocycles. The summed E-state index contributed by atoms with van der Waals surface area (Å²) in [4.78, 5) is 4.16. The first kappa shape index (κ1) is 17.4. The molecule has 0 radical (unpaired) electrons. The fraction of sp³-hybridized carbons (Fsp3) is 0.667. The zero-order chi connectivity index (χ0) is 7.66. The van der Waals surface area contributed by atoms with E-state index in [1.54, 1.807) is 6.92 Å². The fourth-order valence-electron chi connectivity index (χ4n) is 0.169. The number of hydrogen-bond donors (Lipinski definition) is 1. The van der Waals surface area contributed by atoms with Crippen molar-refractivity contribution in [1.82, 2.24) is 0 Å². The lowest BCUT2D eigenvalue weighted by Crippen LogP contribution is -1.97. The summed E-state index contributed by atoms with van der Waals surface area (Å²) in [5, 5.41) is 21.2. The van der Waals surface area contributed by atoms with Crippen molar-refractivity contribution in [2.24, 2.45) is 0 Å². The van der Waals surface area contributed by atoms with Crippen molar-refractivity contribution in [1.29, 1.82) is 0 Å². The summed E-state index contributed by atoms with van der Waals surface area (Å²) in [5.74, 6) is 5.02. The van der Waals surface area contributed by atoms with Crippen LogP contribution in [0.1, 0.15) is 23.2 Å². The van der Waals surface area contributed by atoms with Gasteiger partial charge in [-0.25, -0.2) is 5.26 Å². The summed E-state index contributed by atoms with van der Waals surface area (Å²) in [6.45, 7) is 1.67. The van der Waals surface area contributed by atoms with Crippen LogP contribution in [0.2, 0.25) is 0 Å². The molecule has 0 bridgehead atoms. The fourth-order valence-corrected chi connectivity index (χ4v) is 0.169. The molecule has 0 saturated heterocycles. The quantitative estimate of drug-likeness (QED) is 0.304. The van der Waals surface area contributed by atoms with Crippen molar-refractivity contribution in [3.05, 3.63) is 0 Å². The van der Waals surface area contributed by atoms with E-state index in [1.807, 2.05) is 0 Å². The van der Waals surface area contributed by atoms with Crippen LogP contribution in [0.3, 0.4) is 0 Å². The Hall–Kier alpha value is -0.680. The molecule has 0 amide bonds. The van der Waals surface area contributed by atoms with Gasteiger partial charge in [0.1, 0.15) is 6.61 Å². The van der Waals surface area contributed by atoms with Gasteiger partial charge in [0, 0.05) is 1.43 Å². The van der Waals surface area contributed by atoms with Crippen LogP contribution < -0.4 is 0 Å². The van der Waals surface area contributed by atoms with E-state index in [1.165, 1.54) is 0 Å². The minimum absolute atomic E-state index is 0. The smallest absolute Gasteiger partial charge is 0.146 e. The van der Waals surface area contributed by atoms with Gasteiger partial charge in [-0.2, -0.15) is 4.89 Å². The molecule has 1 N–H and O–H groups in total. The van der Waals surface area contributed by atoms with E-state index in [4.69, 9.17) is 5.26 Å². The topological polar surface area (TPSA) is 66.4 Å². The number of hydrogen-bond acceptors (Lipinski definition) is 6. The molecule has 0 rings (SSSR count). The second-order valence-electron chi connectivity index (χ2n) is 0.968. The molecule has 0 fully saturated rings. The highest BCUT2D eigenvalue weighted by atomic mass is 17.8. The molecule has 0 aromatic rings. The van der Waals surface area contributed by atoms with E-state index < -0.39 is 0 Å². The molecular formula is C6H16O6. The third-order valence-electron chi connectivity index (χ3n) is 0.442. The van der Waals surface area contributed by atoms with E-state index >= 15 is 0 Å². The largest absolute Gasteiger partial charge is 0.219 e. The summed E-state index contributed by atoms with van der Waals surface area (Å²) < 4.78 is 0. The van der Waals surface area contributed by atoms with Gasteiger partial charge in [-0.1, -0.05) is 20.8 Å². The van der Waals surface area contributed by atoms with Crippen LogP contribution in [-0.4, -0.2) is 11.9 Å². The molecule has 0 aliphatic carbocycles. The zero-order valence-electron chi connectivity index (χ0n) is 5.20. The average Bonchev–Trinajstić information content (AvgIpc) is 1.97. The maximum atomic E-state index is 7.46. The van der Waals surface area contributed by atoms with Crippen LogP contribution in [-0.2, 0) is 25.0 Å². The molecule has 6 nitrogen and oxygen atoms in total. The van der Waals surface area contributed by atoms with Gasteiger partial charge in [0.25, 0.3) is 0 Å². The van der Waals surface area contributed by atoms with Crippen molar-refractivity contribution in [2.45, 2.75) is 21.8 Å². The summed E-state index contributed by atoms with van der Waals surface area (Å²) in [6.07, 6.45) is 0. The lowest BCUT2D eigenvalue weighted by Gasteiger charge is -1.93. The highest BCUT2D eigenvalue weighted by Gasteiger charge is 1.86. The first-order valence-corrected chi connectivity index (χ1v) is 2.24. The maximum absolute atomic E-state index is 7.46. The molecule has 0 aliphatic rings. The van der Waals surface area contributed by atoms with Gasteiger partial charge in [0.15, 0.2) is 0 Å². The van der Waals surface area contributed by atoms with Crippen molar-refractivity contribution < 1.29 is 31.7 Å². The van der Waals surface area contributed by atoms with Crippen LogP contribution in [0.25, 0.3) is 0 Å². The normalized spacial score (nSPS) is 7.17. The Morgan fingerprint density at radius 3 is 2.42 bits per heavy atom. The molecule has 76 valence electrons. The second-order valence-corrected chi connectivity index (χ2v) is 0.968. The zero-order valence-corrected chi connectivity index (χ0v) is 5.20. The molecule has 0 saturated carbocycles. The Bertz CT molecular complexity index is 120. The highest BCUT2D eigenvalue weighted by Crippen LogP contribution is 1.81. The lowest BCUT2D eigenvalue weighted by molar-refractivity contribution is -0.752. The Morgan fingerprint density at radius 2 is 1.92 bits per heavy atom. The summed E-state index contributed by atoms with van der Waals surface area (Å²) in [6, 6.07) is 0. The lowest BCUT2D eigenvalue weighted by atomic mass is 10.6. The summed E-state index contributed by atoms with van der Waals surface area (Å²) in [7, 11) is 0. The van der Waals surface area contributed by atoms with E-state index in [0.29, 0.717) is 0 Å². The summed E-state index contributed by atoms with van der Waals surface area (Å²) >= 11 is 0. The Balaban J connectivity index is -0.000000135.